The van der Waals surface area contributed by atoms with Gasteiger partial charge in [0.15, 0.2) is 5.16 Å². The second-order valence-electron chi connectivity index (χ2n) is 6.69. The molecule has 4 rings (SSSR count). The molecule has 0 bridgehead atoms. The molecule has 2 aromatic heterocycles. The van der Waals surface area contributed by atoms with Crippen LogP contribution in [0.1, 0.15) is 11.4 Å². The second-order valence-corrected chi connectivity index (χ2v) is 8.07. The number of thioether (sulfide) groups is 1. The van der Waals surface area contributed by atoms with Crippen LogP contribution < -0.4 is 10.6 Å². The summed E-state index contributed by atoms with van der Waals surface area (Å²) in [4.78, 5) is 19.5. The zero-order valence-electron chi connectivity index (χ0n) is 16.1. The standard InChI is InChI=1S/C20H20ClN7S/c1-27(2)19-25-17(24-18(22)26-19)12-29-20-23-15-10-14(21)8-9-16(15)28(20)11-13-6-4-3-5-7-13/h3-10H,11-12H2,1-2H3,(H2,22,24,25,26). The first-order valence-electron chi connectivity index (χ1n) is 9.00. The Balaban J connectivity index is 1.67. The minimum atomic E-state index is 0.212. The third-order valence-electron chi connectivity index (χ3n) is 4.28. The van der Waals surface area contributed by atoms with Crippen LogP contribution >= 0.6 is 23.4 Å². The number of nitrogens with zero attached hydrogens (tertiary/aromatic N) is 6. The molecule has 0 radical (unpaired) electrons. The summed E-state index contributed by atoms with van der Waals surface area (Å²) in [5.41, 5.74) is 8.93. The summed E-state index contributed by atoms with van der Waals surface area (Å²) < 4.78 is 2.18. The molecule has 0 amide bonds. The summed E-state index contributed by atoms with van der Waals surface area (Å²) in [7, 11) is 3.74. The third kappa shape index (κ3) is 4.44. The molecule has 29 heavy (non-hydrogen) atoms. The summed E-state index contributed by atoms with van der Waals surface area (Å²) in [6.45, 7) is 0.712. The molecule has 0 saturated heterocycles. The molecule has 148 valence electrons. The van der Waals surface area contributed by atoms with E-state index < -0.39 is 0 Å². The van der Waals surface area contributed by atoms with Gasteiger partial charge in [0.2, 0.25) is 11.9 Å². The average Bonchev–Trinajstić information content (AvgIpc) is 3.03. The van der Waals surface area contributed by atoms with Crippen LogP contribution in [-0.2, 0) is 12.3 Å². The van der Waals surface area contributed by atoms with E-state index in [2.05, 4.69) is 31.7 Å². The zero-order valence-corrected chi connectivity index (χ0v) is 17.7. The smallest absolute Gasteiger partial charge is 0.229 e. The fourth-order valence-electron chi connectivity index (χ4n) is 2.93. The number of hydrogen-bond acceptors (Lipinski definition) is 7. The fraction of sp³-hybridized carbons (Fsp3) is 0.200. The monoisotopic (exact) mass is 425 g/mol. The average molecular weight is 426 g/mol. The van der Waals surface area contributed by atoms with Gasteiger partial charge in [-0.25, -0.2) is 4.98 Å². The van der Waals surface area contributed by atoms with Crippen LogP contribution in [-0.4, -0.2) is 38.6 Å². The topological polar surface area (TPSA) is 85.8 Å². The molecule has 9 heteroatoms. The largest absolute Gasteiger partial charge is 0.368 e. The molecule has 4 aromatic rings. The predicted molar refractivity (Wildman–Crippen MR) is 118 cm³/mol. The summed E-state index contributed by atoms with van der Waals surface area (Å²) in [5, 5.41) is 1.54. The normalized spacial score (nSPS) is 11.1. The van der Waals surface area contributed by atoms with Crippen LogP contribution in [0, 0.1) is 0 Å². The highest BCUT2D eigenvalue weighted by molar-refractivity contribution is 7.98. The summed E-state index contributed by atoms with van der Waals surface area (Å²) in [5.74, 6) is 1.89. The summed E-state index contributed by atoms with van der Waals surface area (Å²) in [6, 6.07) is 16.1. The molecule has 0 saturated carbocycles. The molecule has 0 aliphatic rings. The molecule has 0 atom stereocenters. The van der Waals surface area contributed by atoms with E-state index in [1.807, 2.05) is 50.5 Å². The molecular formula is C20H20ClN7S. The van der Waals surface area contributed by atoms with Gasteiger partial charge in [-0.2, -0.15) is 15.0 Å². The number of aromatic nitrogens is 5. The number of nitrogen functional groups attached to an aromatic ring is 1. The van der Waals surface area contributed by atoms with E-state index in [4.69, 9.17) is 22.3 Å². The molecule has 2 N–H and O–H groups in total. The van der Waals surface area contributed by atoms with Crippen molar-refractivity contribution in [3.63, 3.8) is 0 Å². The van der Waals surface area contributed by atoms with E-state index in [9.17, 15) is 0 Å². The van der Waals surface area contributed by atoms with Crippen molar-refractivity contribution in [3.8, 4) is 0 Å². The minimum Gasteiger partial charge on any atom is -0.368 e. The molecular weight excluding hydrogens is 406 g/mol. The van der Waals surface area contributed by atoms with Gasteiger partial charge in [-0.1, -0.05) is 53.7 Å². The molecule has 0 fully saturated rings. The zero-order chi connectivity index (χ0) is 20.4. The van der Waals surface area contributed by atoms with Crippen LogP contribution in [0.3, 0.4) is 0 Å². The Hall–Kier alpha value is -2.84. The van der Waals surface area contributed by atoms with E-state index >= 15 is 0 Å². The summed E-state index contributed by atoms with van der Waals surface area (Å²) in [6.07, 6.45) is 0. The molecule has 0 unspecified atom stereocenters. The fourth-order valence-corrected chi connectivity index (χ4v) is 3.96. The van der Waals surface area contributed by atoms with Crippen LogP contribution in [0.4, 0.5) is 11.9 Å². The predicted octanol–water partition coefficient (Wildman–Crippen LogP) is 3.86. The first-order valence-corrected chi connectivity index (χ1v) is 10.4. The molecule has 2 heterocycles. The van der Waals surface area contributed by atoms with E-state index in [1.54, 1.807) is 16.7 Å². The first-order chi connectivity index (χ1) is 14.0. The number of fused-ring (bicyclic) bond motifs is 1. The van der Waals surface area contributed by atoms with Crippen molar-refractivity contribution < 1.29 is 0 Å². The number of benzene rings is 2. The van der Waals surface area contributed by atoms with Gasteiger partial charge in [0.05, 0.1) is 23.3 Å². The Labute approximate surface area is 178 Å². The van der Waals surface area contributed by atoms with Gasteiger partial charge in [-0.15, -0.1) is 0 Å². The van der Waals surface area contributed by atoms with Gasteiger partial charge in [0, 0.05) is 19.1 Å². The lowest BCUT2D eigenvalue weighted by molar-refractivity contribution is 0.730. The van der Waals surface area contributed by atoms with Crippen molar-refractivity contribution in [1.82, 2.24) is 24.5 Å². The van der Waals surface area contributed by atoms with Crippen LogP contribution in [0.2, 0.25) is 5.02 Å². The molecule has 0 spiro atoms. The van der Waals surface area contributed by atoms with E-state index in [0.29, 0.717) is 29.1 Å². The number of halogens is 1. The van der Waals surface area contributed by atoms with Gasteiger partial charge in [0.25, 0.3) is 0 Å². The van der Waals surface area contributed by atoms with Gasteiger partial charge >= 0.3 is 0 Å². The maximum Gasteiger partial charge on any atom is 0.229 e. The Morgan fingerprint density at radius 3 is 2.59 bits per heavy atom. The highest BCUT2D eigenvalue weighted by Crippen LogP contribution is 2.29. The molecule has 2 aromatic carbocycles. The van der Waals surface area contributed by atoms with Crippen molar-refractivity contribution in [2.75, 3.05) is 24.7 Å². The van der Waals surface area contributed by atoms with Crippen molar-refractivity contribution in [2.45, 2.75) is 17.5 Å². The van der Waals surface area contributed by atoms with Gasteiger partial charge in [0.1, 0.15) is 5.82 Å². The van der Waals surface area contributed by atoms with E-state index in [-0.39, 0.29) is 5.95 Å². The Bertz CT molecular complexity index is 1140. The number of anilines is 2. The second kappa shape index (κ2) is 8.26. The van der Waals surface area contributed by atoms with Gasteiger partial charge in [-0.3, -0.25) is 0 Å². The number of hydrogen-bond donors (Lipinski definition) is 1. The van der Waals surface area contributed by atoms with Crippen molar-refractivity contribution in [3.05, 3.63) is 64.9 Å². The molecule has 0 aliphatic carbocycles. The number of rotatable bonds is 6. The highest BCUT2D eigenvalue weighted by Gasteiger charge is 2.14. The van der Waals surface area contributed by atoms with E-state index in [1.165, 1.54) is 5.56 Å². The summed E-state index contributed by atoms with van der Waals surface area (Å²) >= 11 is 7.74. The highest BCUT2D eigenvalue weighted by atomic mass is 35.5. The molecule has 0 aliphatic heterocycles. The number of nitrogens with two attached hydrogens (primary N) is 1. The lowest BCUT2D eigenvalue weighted by atomic mass is 10.2. The maximum absolute atomic E-state index is 6.18. The van der Waals surface area contributed by atoms with Crippen LogP contribution in [0.25, 0.3) is 11.0 Å². The molecule has 7 nitrogen and oxygen atoms in total. The van der Waals surface area contributed by atoms with Crippen molar-refractivity contribution in [2.24, 2.45) is 0 Å². The van der Waals surface area contributed by atoms with Crippen LogP contribution in [0.5, 0.6) is 0 Å². The van der Waals surface area contributed by atoms with E-state index in [0.717, 1.165) is 16.2 Å². The minimum absolute atomic E-state index is 0.212. The van der Waals surface area contributed by atoms with Gasteiger partial charge < -0.3 is 15.2 Å². The van der Waals surface area contributed by atoms with Crippen LogP contribution in [0.15, 0.2) is 53.7 Å². The Morgan fingerprint density at radius 1 is 1.03 bits per heavy atom. The Kier molecular flexibility index (Phi) is 5.55. The lowest BCUT2D eigenvalue weighted by Crippen LogP contribution is -2.16. The lowest BCUT2D eigenvalue weighted by Gasteiger charge is -2.12. The van der Waals surface area contributed by atoms with Gasteiger partial charge in [-0.05, 0) is 23.8 Å². The van der Waals surface area contributed by atoms with Crippen molar-refractivity contribution >= 4 is 46.3 Å². The maximum atomic E-state index is 6.18. The first kappa shape index (κ1) is 19.5. The van der Waals surface area contributed by atoms with Crippen molar-refractivity contribution in [1.29, 1.82) is 0 Å². The number of imidazole rings is 1. The SMILES string of the molecule is CN(C)c1nc(N)nc(CSc2nc3cc(Cl)ccc3n2Cc2ccccc2)n1. The Morgan fingerprint density at radius 2 is 1.83 bits per heavy atom. The quantitative estimate of drug-likeness (QED) is 0.469. The third-order valence-corrected chi connectivity index (χ3v) is 5.48.